The number of carbonyl (C=O) groups excluding carboxylic acids is 3. The molecule has 7 heteroatoms. The summed E-state index contributed by atoms with van der Waals surface area (Å²) in [5, 5.41) is 3.23. The molecule has 1 fully saturated rings. The number of ether oxygens (including phenoxy) is 1. The van der Waals surface area contributed by atoms with Crippen molar-refractivity contribution in [3.05, 3.63) is 64.7 Å². The molecule has 0 aliphatic heterocycles. The van der Waals surface area contributed by atoms with Crippen molar-refractivity contribution in [3.63, 3.8) is 0 Å². The lowest BCUT2D eigenvalue weighted by Gasteiger charge is -2.39. The van der Waals surface area contributed by atoms with Gasteiger partial charge in [0.15, 0.2) is 6.61 Å². The minimum absolute atomic E-state index is 0.122. The molecular weight excluding hydrogens is 392 g/mol. The van der Waals surface area contributed by atoms with Crippen molar-refractivity contribution in [2.45, 2.75) is 24.7 Å². The third kappa shape index (κ3) is 4.59. The Labute approximate surface area is 174 Å². The van der Waals surface area contributed by atoms with Gasteiger partial charge >= 0.3 is 5.97 Å². The Hall–Kier alpha value is -2.86. The first-order valence-electron chi connectivity index (χ1n) is 9.37. The van der Waals surface area contributed by atoms with E-state index in [-0.39, 0.29) is 12.5 Å². The van der Waals surface area contributed by atoms with Crippen LogP contribution in [0.2, 0.25) is 5.02 Å². The van der Waals surface area contributed by atoms with E-state index in [1.807, 2.05) is 12.1 Å². The van der Waals surface area contributed by atoms with Crippen molar-refractivity contribution in [2.75, 3.05) is 26.0 Å². The Bertz CT molecular complexity index is 921. The number of esters is 1. The van der Waals surface area contributed by atoms with Gasteiger partial charge in [0.1, 0.15) is 0 Å². The number of benzene rings is 2. The molecule has 0 spiro atoms. The summed E-state index contributed by atoms with van der Waals surface area (Å²) in [6.07, 6.45) is 2.27. The van der Waals surface area contributed by atoms with E-state index in [9.17, 15) is 14.4 Å². The molecule has 3 rings (SSSR count). The highest BCUT2D eigenvalue weighted by Crippen LogP contribution is 2.45. The molecule has 2 amide bonds. The summed E-state index contributed by atoms with van der Waals surface area (Å²) in [6.45, 7) is -0.375. The molecule has 2 aromatic carbocycles. The molecule has 1 N–H and O–H groups in total. The Kier molecular flexibility index (Phi) is 6.23. The minimum atomic E-state index is -0.723. The molecule has 0 aromatic heterocycles. The maximum atomic E-state index is 12.7. The van der Waals surface area contributed by atoms with Crippen LogP contribution in [0.15, 0.2) is 48.5 Å². The van der Waals surface area contributed by atoms with Gasteiger partial charge in [0.25, 0.3) is 11.8 Å². The third-order valence-corrected chi connectivity index (χ3v) is 5.37. The largest absolute Gasteiger partial charge is 0.455 e. The van der Waals surface area contributed by atoms with E-state index in [2.05, 4.69) is 5.32 Å². The van der Waals surface area contributed by atoms with Gasteiger partial charge in [0.05, 0.1) is 5.41 Å². The number of rotatable bonds is 6. The van der Waals surface area contributed by atoms with Gasteiger partial charge in [-0.15, -0.1) is 0 Å². The molecular formula is C22H23ClN2O4. The van der Waals surface area contributed by atoms with Gasteiger partial charge in [0.2, 0.25) is 0 Å². The number of anilines is 1. The second-order valence-corrected chi connectivity index (χ2v) is 7.78. The molecule has 1 saturated carbocycles. The van der Waals surface area contributed by atoms with Gasteiger partial charge in [-0.3, -0.25) is 14.4 Å². The molecule has 0 bridgehead atoms. The lowest BCUT2D eigenvalue weighted by Crippen LogP contribution is -2.44. The summed E-state index contributed by atoms with van der Waals surface area (Å²) in [5.41, 5.74) is 1.14. The number of hydrogen-bond donors (Lipinski definition) is 1. The summed E-state index contributed by atoms with van der Waals surface area (Å²) < 4.78 is 5.32. The van der Waals surface area contributed by atoms with Crippen molar-refractivity contribution in [2.24, 2.45) is 0 Å². The SMILES string of the molecule is CN(C)C(=O)c1ccc(NC(=O)COC(=O)C2(c3cccc(Cl)c3)CCC2)cc1. The number of hydrogen-bond acceptors (Lipinski definition) is 4. The van der Waals surface area contributed by atoms with E-state index >= 15 is 0 Å². The van der Waals surface area contributed by atoms with E-state index in [4.69, 9.17) is 16.3 Å². The van der Waals surface area contributed by atoms with Crippen molar-refractivity contribution >= 4 is 35.1 Å². The Morgan fingerprint density at radius 2 is 1.79 bits per heavy atom. The number of amides is 2. The van der Waals surface area contributed by atoms with Crippen LogP contribution < -0.4 is 5.32 Å². The molecule has 29 heavy (non-hydrogen) atoms. The zero-order valence-electron chi connectivity index (χ0n) is 16.4. The van der Waals surface area contributed by atoms with Crippen molar-refractivity contribution in [1.29, 1.82) is 0 Å². The predicted octanol–water partition coefficient (Wildman–Crippen LogP) is 3.65. The molecule has 1 aliphatic carbocycles. The molecule has 0 atom stereocenters. The smallest absolute Gasteiger partial charge is 0.317 e. The van der Waals surface area contributed by atoms with Crippen molar-refractivity contribution < 1.29 is 19.1 Å². The lowest BCUT2D eigenvalue weighted by molar-refractivity contribution is -0.156. The maximum Gasteiger partial charge on any atom is 0.317 e. The first-order valence-corrected chi connectivity index (χ1v) is 9.74. The highest BCUT2D eigenvalue weighted by Gasteiger charge is 2.47. The summed E-state index contributed by atoms with van der Waals surface area (Å²) in [5.74, 6) is -0.970. The van der Waals surface area contributed by atoms with Gasteiger partial charge in [-0.1, -0.05) is 30.2 Å². The van der Waals surface area contributed by atoms with Crippen LogP contribution in [0.3, 0.4) is 0 Å². The second kappa shape index (κ2) is 8.66. The highest BCUT2D eigenvalue weighted by molar-refractivity contribution is 6.30. The molecule has 2 aromatic rings. The first-order chi connectivity index (χ1) is 13.8. The fraction of sp³-hybridized carbons (Fsp3) is 0.318. The standard InChI is InChI=1S/C22H23ClN2O4/c1-25(2)20(27)15-7-9-18(10-8-15)24-19(26)14-29-21(28)22(11-4-12-22)16-5-3-6-17(23)13-16/h3,5-10,13H,4,11-12,14H2,1-2H3,(H,24,26). The maximum absolute atomic E-state index is 12.7. The van der Waals surface area contributed by atoms with Gasteiger partial charge < -0.3 is 15.0 Å². The molecule has 1 aliphatic rings. The first kappa shape index (κ1) is 20.9. The monoisotopic (exact) mass is 414 g/mol. The predicted molar refractivity (Wildman–Crippen MR) is 111 cm³/mol. The van der Waals surface area contributed by atoms with Gasteiger partial charge in [-0.05, 0) is 54.8 Å². The Morgan fingerprint density at radius 3 is 2.34 bits per heavy atom. The van der Waals surface area contributed by atoms with Crippen LogP contribution in [0, 0.1) is 0 Å². The zero-order chi connectivity index (χ0) is 21.0. The van der Waals surface area contributed by atoms with Crippen LogP contribution in [0.5, 0.6) is 0 Å². The number of nitrogens with zero attached hydrogens (tertiary/aromatic N) is 1. The van der Waals surface area contributed by atoms with Crippen molar-refractivity contribution in [1.82, 2.24) is 4.90 Å². The van der Waals surface area contributed by atoms with E-state index < -0.39 is 17.3 Å². The minimum Gasteiger partial charge on any atom is -0.455 e. The van der Waals surface area contributed by atoms with Crippen LogP contribution in [0.25, 0.3) is 0 Å². The average Bonchev–Trinajstić information content (AvgIpc) is 2.65. The van der Waals surface area contributed by atoms with E-state index in [0.717, 1.165) is 12.0 Å². The fourth-order valence-electron chi connectivity index (χ4n) is 3.35. The van der Waals surface area contributed by atoms with Crippen LogP contribution in [0.1, 0.15) is 35.2 Å². The third-order valence-electron chi connectivity index (χ3n) is 5.13. The highest BCUT2D eigenvalue weighted by atomic mass is 35.5. The topological polar surface area (TPSA) is 75.7 Å². The number of halogens is 1. The fourth-order valence-corrected chi connectivity index (χ4v) is 3.54. The van der Waals surface area contributed by atoms with Gasteiger partial charge in [-0.25, -0.2) is 0 Å². The van der Waals surface area contributed by atoms with Crippen molar-refractivity contribution in [3.8, 4) is 0 Å². The summed E-state index contributed by atoms with van der Waals surface area (Å²) in [4.78, 5) is 38.3. The molecule has 6 nitrogen and oxygen atoms in total. The Morgan fingerprint density at radius 1 is 1.10 bits per heavy atom. The second-order valence-electron chi connectivity index (χ2n) is 7.35. The molecule has 0 unspecified atom stereocenters. The number of nitrogens with one attached hydrogen (secondary N) is 1. The zero-order valence-corrected chi connectivity index (χ0v) is 17.2. The quantitative estimate of drug-likeness (QED) is 0.732. The Balaban J connectivity index is 1.57. The summed E-state index contributed by atoms with van der Waals surface area (Å²) >= 11 is 6.06. The van der Waals surface area contributed by atoms with Crippen LogP contribution in [-0.2, 0) is 19.7 Å². The van der Waals surface area contributed by atoms with E-state index in [0.29, 0.717) is 29.1 Å². The average molecular weight is 415 g/mol. The van der Waals surface area contributed by atoms with Gasteiger partial charge in [-0.2, -0.15) is 0 Å². The van der Waals surface area contributed by atoms with Gasteiger partial charge in [0, 0.05) is 30.4 Å². The van der Waals surface area contributed by atoms with E-state index in [1.54, 1.807) is 50.5 Å². The molecule has 152 valence electrons. The van der Waals surface area contributed by atoms with E-state index in [1.165, 1.54) is 4.90 Å². The number of carbonyl (C=O) groups is 3. The summed E-state index contributed by atoms with van der Waals surface area (Å²) in [6, 6.07) is 13.7. The molecule has 0 heterocycles. The summed E-state index contributed by atoms with van der Waals surface area (Å²) in [7, 11) is 3.34. The molecule has 0 saturated heterocycles. The van der Waals surface area contributed by atoms with Crippen LogP contribution in [0.4, 0.5) is 5.69 Å². The lowest BCUT2D eigenvalue weighted by atomic mass is 9.64. The van der Waals surface area contributed by atoms with Crippen LogP contribution in [-0.4, -0.2) is 43.4 Å². The normalized spacial score (nSPS) is 14.4. The van der Waals surface area contributed by atoms with Crippen LogP contribution >= 0.6 is 11.6 Å². The molecule has 0 radical (unpaired) electrons.